The van der Waals surface area contributed by atoms with Gasteiger partial charge in [0.05, 0.1) is 0 Å². The lowest BCUT2D eigenvalue weighted by Gasteiger charge is -2.05. The fourth-order valence-electron chi connectivity index (χ4n) is 2.58. The van der Waals surface area contributed by atoms with E-state index < -0.39 is 0 Å². The summed E-state index contributed by atoms with van der Waals surface area (Å²) < 4.78 is 2.81. The molecule has 4 nitrogen and oxygen atoms in total. The molecule has 4 heteroatoms. The molecule has 0 fully saturated rings. The van der Waals surface area contributed by atoms with Crippen molar-refractivity contribution in [1.29, 1.82) is 0 Å². The van der Waals surface area contributed by atoms with Gasteiger partial charge in [0, 0.05) is 14.1 Å². The molecule has 0 saturated heterocycles. The molecule has 0 N–H and O–H groups in total. The van der Waals surface area contributed by atoms with Crippen LogP contribution in [-0.2, 0) is 14.1 Å². The van der Waals surface area contributed by atoms with E-state index in [1.807, 2.05) is 60.7 Å². The van der Waals surface area contributed by atoms with Crippen molar-refractivity contribution in [3.8, 4) is 0 Å². The maximum atomic E-state index is 12.7. The van der Waals surface area contributed by atoms with E-state index in [4.69, 9.17) is 0 Å². The highest BCUT2D eigenvalue weighted by atomic mass is 16.1. The Kier molecular flexibility index (Phi) is 4.29. The molecule has 0 bridgehead atoms. The fraction of sp³-hybridized carbons (Fsp3) is 0.100. The molecule has 0 aliphatic carbocycles. The van der Waals surface area contributed by atoms with Crippen molar-refractivity contribution in [2.45, 2.75) is 0 Å². The van der Waals surface area contributed by atoms with Gasteiger partial charge in [-0.15, -0.1) is 0 Å². The molecule has 120 valence electrons. The molecule has 0 radical (unpaired) electrons. The van der Waals surface area contributed by atoms with E-state index in [9.17, 15) is 9.59 Å². The zero-order valence-corrected chi connectivity index (χ0v) is 13.6. The van der Waals surface area contributed by atoms with Crippen LogP contribution < -0.4 is 21.8 Å². The van der Waals surface area contributed by atoms with Crippen LogP contribution in [0.2, 0.25) is 0 Å². The topological polar surface area (TPSA) is 44.0 Å². The van der Waals surface area contributed by atoms with E-state index in [0.29, 0.717) is 10.7 Å². The number of benzene rings is 2. The summed E-state index contributed by atoms with van der Waals surface area (Å²) in [6.07, 6.45) is 3.46. The molecule has 0 aliphatic heterocycles. The molecule has 1 aromatic heterocycles. The number of rotatable bonds is 2. The summed E-state index contributed by atoms with van der Waals surface area (Å²) in [5.41, 5.74) is 1.35. The van der Waals surface area contributed by atoms with Crippen molar-refractivity contribution < 1.29 is 0 Å². The molecular weight excluding hydrogens is 300 g/mol. The van der Waals surface area contributed by atoms with E-state index in [-0.39, 0.29) is 11.1 Å². The first kappa shape index (κ1) is 15.7. The van der Waals surface area contributed by atoms with Crippen LogP contribution >= 0.6 is 0 Å². The van der Waals surface area contributed by atoms with Gasteiger partial charge in [0.15, 0.2) is 0 Å². The smallest absolute Gasteiger partial charge is 0.274 e. The Bertz CT molecular complexity index is 1000. The van der Waals surface area contributed by atoms with Crippen molar-refractivity contribution in [2.75, 3.05) is 0 Å². The van der Waals surface area contributed by atoms with Crippen LogP contribution in [0.4, 0.5) is 0 Å². The number of hydrogen-bond acceptors (Lipinski definition) is 2. The van der Waals surface area contributed by atoms with Crippen LogP contribution in [0.5, 0.6) is 0 Å². The monoisotopic (exact) mass is 318 g/mol. The van der Waals surface area contributed by atoms with Crippen LogP contribution in [0.15, 0.2) is 70.3 Å². The first-order chi connectivity index (χ1) is 11.6. The highest BCUT2D eigenvalue weighted by Crippen LogP contribution is 1.98. The van der Waals surface area contributed by atoms with Gasteiger partial charge in [0.2, 0.25) is 0 Å². The molecule has 2 aromatic carbocycles. The van der Waals surface area contributed by atoms with E-state index >= 15 is 0 Å². The van der Waals surface area contributed by atoms with Gasteiger partial charge in [-0.05, 0) is 23.3 Å². The largest absolute Gasteiger partial charge is 0.305 e. The second-order valence-electron chi connectivity index (χ2n) is 5.61. The summed E-state index contributed by atoms with van der Waals surface area (Å²) in [5, 5.41) is 0.720. The van der Waals surface area contributed by atoms with Gasteiger partial charge in [0.1, 0.15) is 10.7 Å². The summed E-state index contributed by atoms with van der Waals surface area (Å²) in [5.74, 6) is 0. The minimum atomic E-state index is -0.205. The summed E-state index contributed by atoms with van der Waals surface area (Å²) in [6.45, 7) is 0. The maximum absolute atomic E-state index is 12.7. The third-order valence-electron chi connectivity index (χ3n) is 3.98. The molecule has 1 heterocycles. The highest BCUT2D eigenvalue weighted by Gasteiger charge is 2.05. The second kappa shape index (κ2) is 6.54. The predicted octanol–water partition coefficient (Wildman–Crippen LogP) is 0.742. The van der Waals surface area contributed by atoms with Gasteiger partial charge in [-0.2, -0.15) is 0 Å². The number of hydrogen-bond donors (Lipinski definition) is 0. The van der Waals surface area contributed by atoms with E-state index in [1.54, 1.807) is 26.2 Å². The van der Waals surface area contributed by atoms with Crippen molar-refractivity contribution in [2.24, 2.45) is 14.1 Å². The maximum Gasteiger partial charge on any atom is 0.274 e. The summed E-state index contributed by atoms with van der Waals surface area (Å²) in [6, 6.07) is 19.0. The van der Waals surface area contributed by atoms with Crippen LogP contribution in [0.25, 0.3) is 12.2 Å². The van der Waals surface area contributed by atoms with Gasteiger partial charge in [0.25, 0.3) is 11.1 Å². The normalized spacial score (nSPS) is 12.6. The Morgan fingerprint density at radius 3 is 1.29 bits per heavy atom. The van der Waals surface area contributed by atoms with E-state index in [0.717, 1.165) is 11.1 Å². The van der Waals surface area contributed by atoms with Crippen LogP contribution in [0, 0.1) is 0 Å². The molecule has 3 rings (SSSR count). The average Bonchev–Trinajstić information content (AvgIpc) is 2.62. The second-order valence-corrected chi connectivity index (χ2v) is 5.61. The Morgan fingerprint density at radius 1 is 0.625 bits per heavy atom. The Hall–Kier alpha value is -3.14. The zero-order chi connectivity index (χ0) is 17.1. The van der Waals surface area contributed by atoms with Crippen molar-refractivity contribution >= 4 is 12.2 Å². The molecule has 0 saturated carbocycles. The van der Waals surface area contributed by atoms with Gasteiger partial charge in [-0.25, -0.2) is 0 Å². The summed E-state index contributed by atoms with van der Waals surface area (Å²) in [7, 11) is 3.25. The van der Waals surface area contributed by atoms with Crippen LogP contribution in [-0.4, -0.2) is 9.13 Å². The van der Waals surface area contributed by atoms with E-state index in [1.165, 1.54) is 9.13 Å². The lowest BCUT2D eigenvalue weighted by Crippen LogP contribution is -2.56. The van der Waals surface area contributed by atoms with Crippen LogP contribution in [0.3, 0.4) is 0 Å². The minimum Gasteiger partial charge on any atom is -0.305 e. The standard InChI is InChI=1S/C20H18N2O2/c1-21-17(13-15-9-5-3-6-10-15)20(24)22(2)18(19(21)23)14-16-11-7-4-8-12-16/h3-14H,1-2H3/b17-13+,18-14+. The molecule has 24 heavy (non-hydrogen) atoms. The molecule has 0 aliphatic rings. The first-order valence-electron chi connectivity index (χ1n) is 7.67. The third-order valence-corrected chi connectivity index (χ3v) is 3.98. The molecule has 0 unspecified atom stereocenters. The summed E-state index contributed by atoms with van der Waals surface area (Å²) in [4.78, 5) is 25.4. The van der Waals surface area contributed by atoms with Crippen molar-refractivity contribution in [3.63, 3.8) is 0 Å². The Balaban J connectivity index is 2.32. The molecule has 0 amide bonds. The van der Waals surface area contributed by atoms with Gasteiger partial charge < -0.3 is 9.13 Å². The zero-order valence-electron chi connectivity index (χ0n) is 13.6. The molecular formula is C20H18N2O2. The lowest BCUT2D eigenvalue weighted by atomic mass is 10.2. The molecule has 3 aromatic rings. The van der Waals surface area contributed by atoms with Crippen molar-refractivity contribution in [1.82, 2.24) is 9.13 Å². The van der Waals surface area contributed by atoms with Crippen molar-refractivity contribution in [3.05, 3.63) is 103 Å². The van der Waals surface area contributed by atoms with Gasteiger partial charge in [-0.3, -0.25) is 9.59 Å². The molecule has 0 spiro atoms. The SMILES string of the molecule is Cn1c(=O)/c(=C\c2ccccc2)n(C)c(=O)/c1=C\c1ccccc1. The number of nitrogens with zero attached hydrogens (tertiary/aromatic N) is 2. The van der Waals surface area contributed by atoms with Gasteiger partial charge >= 0.3 is 0 Å². The third kappa shape index (κ3) is 2.99. The predicted molar refractivity (Wildman–Crippen MR) is 96.2 cm³/mol. The lowest BCUT2D eigenvalue weighted by molar-refractivity contribution is 0.696. The van der Waals surface area contributed by atoms with E-state index in [2.05, 4.69) is 0 Å². The first-order valence-corrected chi connectivity index (χ1v) is 7.67. The quantitative estimate of drug-likeness (QED) is 0.700. The average molecular weight is 318 g/mol. The Labute approximate surface area is 139 Å². The van der Waals surface area contributed by atoms with Gasteiger partial charge in [-0.1, -0.05) is 60.7 Å². The summed E-state index contributed by atoms with van der Waals surface area (Å²) >= 11 is 0. The Morgan fingerprint density at radius 2 is 0.958 bits per heavy atom. The minimum absolute atomic E-state index is 0.205. The highest BCUT2D eigenvalue weighted by molar-refractivity contribution is 5.49. The van der Waals surface area contributed by atoms with Crippen LogP contribution in [0.1, 0.15) is 11.1 Å². The number of aromatic nitrogens is 2. The molecule has 0 atom stereocenters. The fourth-order valence-corrected chi connectivity index (χ4v) is 2.58.